The molecule has 0 aliphatic carbocycles. The molecule has 2 atom stereocenters. The van der Waals surface area contributed by atoms with E-state index < -0.39 is 0 Å². The first kappa shape index (κ1) is 21.4. The van der Waals surface area contributed by atoms with Crippen LogP contribution in [0.2, 0.25) is 0 Å². The molecule has 166 valence electrons. The fourth-order valence-corrected chi connectivity index (χ4v) is 5.49. The predicted octanol–water partition coefficient (Wildman–Crippen LogP) is 3.96. The van der Waals surface area contributed by atoms with E-state index in [2.05, 4.69) is 37.5 Å². The molecule has 1 aromatic heterocycles. The van der Waals surface area contributed by atoms with Crippen LogP contribution in [0.5, 0.6) is 0 Å². The number of carbonyl (C=O) groups is 1. The van der Waals surface area contributed by atoms with Crippen molar-refractivity contribution in [2.75, 3.05) is 36.0 Å². The van der Waals surface area contributed by atoms with Gasteiger partial charge in [-0.3, -0.25) is 4.79 Å². The van der Waals surface area contributed by atoms with Crippen LogP contribution in [0.3, 0.4) is 0 Å². The number of carbonyl (C=O) groups excluding carboxylic acids is 1. The molecule has 1 aromatic rings. The zero-order chi connectivity index (χ0) is 21.3. The van der Waals surface area contributed by atoms with Crippen LogP contribution in [0.4, 0.5) is 11.6 Å². The lowest BCUT2D eigenvalue weighted by molar-refractivity contribution is -0.131. The molecule has 4 heterocycles. The summed E-state index contributed by atoms with van der Waals surface area (Å²) in [6.07, 6.45) is 10.8. The van der Waals surface area contributed by atoms with Crippen molar-refractivity contribution < 1.29 is 4.79 Å². The van der Waals surface area contributed by atoms with Gasteiger partial charge in [0.25, 0.3) is 0 Å². The van der Waals surface area contributed by atoms with Crippen LogP contribution >= 0.6 is 0 Å². The normalized spacial score (nSPS) is 26.7. The van der Waals surface area contributed by atoms with Gasteiger partial charge in [0.15, 0.2) is 0 Å². The second-order valence-electron chi connectivity index (χ2n) is 10.3. The number of hydrogen-bond donors (Lipinski definition) is 0. The van der Waals surface area contributed by atoms with Crippen molar-refractivity contribution in [2.24, 2.45) is 17.8 Å². The number of piperazine rings is 1. The molecule has 3 aliphatic rings. The van der Waals surface area contributed by atoms with Crippen LogP contribution in [-0.4, -0.2) is 59.0 Å². The Morgan fingerprint density at radius 2 is 1.60 bits per heavy atom. The molecular weight excluding hydrogens is 374 g/mol. The van der Waals surface area contributed by atoms with E-state index in [9.17, 15) is 4.79 Å². The minimum atomic E-state index is 0.301. The molecule has 30 heavy (non-hydrogen) atoms. The van der Waals surface area contributed by atoms with Crippen molar-refractivity contribution in [1.29, 1.82) is 0 Å². The van der Waals surface area contributed by atoms with Gasteiger partial charge in [-0.25, -0.2) is 9.97 Å². The Bertz CT molecular complexity index is 697. The van der Waals surface area contributed by atoms with Gasteiger partial charge in [0.1, 0.15) is 0 Å². The Morgan fingerprint density at radius 3 is 2.13 bits per heavy atom. The fraction of sp³-hybridized carbons (Fsp3) is 0.792. The Hall–Kier alpha value is -1.85. The van der Waals surface area contributed by atoms with Crippen molar-refractivity contribution in [3.05, 3.63) is 12.4 Å². The van der Waals surface area contributed by atoms with E-state index in [-0.39, 0.29) is 0 Å². The lowest BCUT2D eigenvalue weighted by Crippen LogP contribution is -2.49. The first-order valence-corrected chi connectivity index (χ1v) is 12.1. The van der Waals surface area contributed by atoms with Crippen molar-refractivity contribution >= 4 is 17.5 Å². The van der Waals surface area contributed by atoms with Gasteiger partial charge in [0.2, 0.25) is 11.9 Å². The fourth-order valence-electron chi connectivity index (χ4n) is 5.49. The molecule has 3 saturated heterocycles. The Balaban J connectivity index is 1.32. The SMILES string of the molecule is CC(C)CCC(=O)N1CCN(c2cnc(N3C4CCC3CC(C(C)C)C4)nc2)CC1. The monoisotopic (exact) mass is 413 g/mol. The summed E-state index contributed by atoms with van der Waals surface area (Å²) in [6, 6.07) is 1.23. The molecule has 0 spiro atoms. The van der Waals surface area contributed by atoms with Gasteiger partial charge in [-0.05, 0) is 49.9 Å². The smallest absolute Gasteiger partial charge is 0.225 e. The molecule has 0 N–H and O–H groups in total. The number of piperidine rings is 1. The summed E-state index contributed by atoms with van der Waals surface area (Å²) in [5.74, 6) is 3.41. The van der Waals surface area contributed by atoms with E-state index in [4.69, 9.17) is 9.97 Å². The van der Waals surface area contributed by atoms with Gasteiger partial charge < -0.3 is 14.7 Å². The maximum absolute atomic E-state index is 12.4. The second kappa shape index (κ2) is 9.11. The quantitative estimate of drug-likeness (QED) is 0.706. The van der Waals surface area contributed by atoms with Crippen molar-refractivity contribution in [2.45, 2.75) is 78.3 Å². The summed E-state index contributed by atoms with van der Waals surface area (Å²) >= 11 is 0. The maximum atomic E-state index is 12.4. The molecule has 2 unspecified atom stereocenters. The third-order valence-corrected chi connectivity index (χ3v) is 7.50. The summed E-state index contributed by atoms with van der Waals surface area (Å²) < 4.78 is 0. The van der Waals surface area contributed by atoms with E-state index in [1.807, 2.05) is 17.3 Å². The lowest BCUT2D eigenvalue weighted by atomic mass is 9.83. The molecule has 3 fully saturated rings. The zero-order valence-electron chi connectivity index (χ0n) is 19.3. The molecular formula is C24H39N5O. The molecule has 6 heteroatoms. The number of anilines is 2. The van der Waals surface area contributed by atoms with Gasteiger partial charge in [0, 0.05) is 44.7 Å². The number of amides is 1. The molecule has 2 bridgehead atoms. The Labute approximate surface area is 182 Å². The van der Waals surface area contributed by atoms with Crippen LogP contribution in [0.1, 0.15) is 66.2 Å². The molecule has 6 nitrogen and oxygen atoms in total. The number of aromatic nitrogens is 2. The van der Waals surface area contributed by atoms with Crippen LogP contribution in [-0.2, 0) is 4.79 Å². The van der Waals surface area contributed by atoms with E-state index in [0.29, 0.717) is 30.3 Å². The highest BCUT2D eigenvalue weighted by atomic mass is 16.2. The zero-order valence-corrected chi connectivity index (χ0v) is 19.3. The molecule has 4 rings (SSSR count). The van der Waals surface area contributed by atoms with Gasteiger partial charge >= 0.3 is 0 Å². The minimum Gasteiger partial charge on any atom is -0.365 e. The van der Waals surface area contributed by atoms with Crippen LogP contribution < -0.4 is 9.80 Å². The van der Waals surface area contributed by atoms with Gasteiger partial charge in [-0.1, -0.05) is 27.7 Å². The number of hydrogen-bond acceptors (Lipinski definition) is 5. The Kier molecular flexibility index (Phi) is 6.49. The topological polar surface area (TPSA) is 52.6 Å². The van der Waals surface area contributed by atoms with Crippen LogP contribution in [0.25, 0.3) is 0 Å². The molecule has 0 aromatic carbocycles. The first-order valence-electron chi connectivity index (χ1n) is 12.1. The molecule has 3 aliphatic heterocycles. The highest BCUT2D eigenvalue weighted by Crippen LogP contribution is 2.42. The largest absolute Gasteiger partial charge is 0.365 e. The molecule has 1 amide bonds. The summed E-state index contributed by atoms with van der Waals surface area (Å²) in [4.78, 5) is 28.8. The highest BCUT2D eigenvalue weighted by Gasteiger charge is 2.42. The van der Waals surface area contributed by atoms with E-state index in [1.165, 1.54) is 25.7 Å². The van der Waals surface area contributed by atoms with Gasteiger partial charge in [-0.2, -0.15) is 0 Å². The molecule has 0 radical (unpaired) electrons. The average Bonchev–Trinajstić information content (AvgIpc) is 3.01. The van der Waals surface area contributed by atoms with E-state index in [0.717, 1.165) is 56.1 Å². The number of fused-ring (bicyclic) bond motifs is 2. The Morgan fingerprint density at radius 1 is 1.00 bits per heavy atom. The average molecular weight is 414 g/mol. The first-order chi connectivity index (χ1) is 14.4. The summed E-state index contributed by atoms with van der Waals surface area (Å²) in [5, 5.41) is 0. The van der Waals surface area contributed by atoms with Crippen LogP contribution in [0.15, 0.2) is 12.4 Å². The van der Waals surface area contributed by atoms with Gasteiger partial charge in [0.05, 0.1) is 18.1 Å². The summed E-state index contributed by atoms with van der Waals surface area (Å²) in [5.41, 5.74) is 1.08. The van der Waals surface area contributed by atoms with Crippen molar-refractivity contribution in [3.63, 3.8) is 0 Å². The highest BCUT2D eigenvalue weighted by molar-refractivity contribution is 5.76. The second-order valence-corrected chi connectivity index (χ2v) is 10.3. The van der Waals surface area contributed by atoms with E-state index in [1.54, 1.807) is 0 Å². The maximum Gasteiger partial charge on any atom is 0.225 e. The van der Waals surface area contributed by atoms with Crippen LogP contribution in [0, 0.1) is 17.8 Å². The predicted molar refractivity (Wildman–Crippen MR) is 122 cm³/mol. The van der Waals surface area contributed by atoms with Crippen molar-refractivity contribution in [3.8, 4) is 0 Å². The van der Waals surface area contributed by atoms with E-state index >= 15 is 0 Å². The summed E-state index contributed by atoms with van der Waals surface area (Å²) in [7, 11) is 0. The number of nitrogens with zero attached hydrogens (tertiary/aromatic N) is 5. The third kappa shape index (κ3) is 4.57. The lowest BCUT2D eigenvalue weighted by Gasteiger charge is -2.40. The summed E-state index contributed by atoms with van der Waals surface area (Å²) in [6.45, 7) is 12.4. The standard InChI is InChI=1S/C24H39N5O/c1-17(2)5-8-23(30)28-11-9-27(10-12-28)22-15-25-24(26-16-22)29-20-6-7-21(29)14-19(13-20)18(3)4/h15-21H,5-14H2,1-4H3. The third-order valence-electron chi connectivity index (χ3n) is 7.50. The number of rotatable bonds is 6. The van der Waals surface area contributed by atoms with Gasteiger partial charge in [-0.15, -0.1) is 0 Å². The molecule has 0 saturated carbocycles. The minimum absolute atomic E-state index is 0.301. The van der Waals surface area contributed by atoms with Crippen molar-refractivity contribution in [1.82, 2.24) is 14.9 Å².